The van der Waals surface area contributed by atoms with Crippen molar-refractivity contribution in [1.29, 1.82) is 0 Å². The first-order valence-corrected chi connectivity index (χ1v) is 6.30. The number of aliphatic hydroxyl groups is 1. The average molecular weight is 272 g/mol. The van der Waals surface area contributed by atoms with Crippen molar-refractivity contribution < 1.29 is 24.6 Å². The van der Waals surface area contributed by atoms with Crippen LogP contribution in [-0.4, -0.2) is 40.6 Å². The number of aliphatic carboxylic acids is 1. The van der Waals surface area contributed by atoms with E-state index in [1.165, 1.54) is 0 Å². The summed E-state index contributed by atoms with van der Waals surface area (Å²) < 4.78 is 0. The lowest BCUT2D eigenvalue weighted by atomic mass is 9.79. The zero-order chi connectivity index (χ0) is 14.5. The van der Waals surface area contributed by atoms with Gasteiger partial charge in [-0.15, -0.1) is 0 Å². The molecule has 7 heteroatoms. The van der Waals surface area contributed by atoms with Crippen molar-refractivity contribution in [1.82, 2.24) is 5.32 Å². The van der Waals surface area contributed by atoms with Crippen LogP contribution in [0.15, 0.2) is 0 Å². The highest BCUT2D eigenvalue weighted by molar-refractivity contribution is 5.81. The fourth-order valence-electron chi connectivity index (χ4n) is 2.58. The Balaban J connectivity index is 2.48. The summed E-state index contributed by atoms with van der Waals surface area (Å²) in [4.78, 5) is 33.2. The first-order chi connectivity index (χ1) is 8.84. The molecule has 1 atom stereocenters. The van der Waals surface area contributed by atoms with Gasteiger partial charge >= 0.3 is 5.97 Å². The summed E-state index contributed by atoms with van der Waals surface area (Å²) in [5, 5.41) is 20.5. The van der Waals surface area contributed by atoms with E-state index in [0.29, 0.717) is 12.8 Å². The lowest BCUT2D eigenvalue weighted by Crippen LogP contribution is -2.41. The van der Waals surface area contributed by atoms with E-state index in [1.807, 2.05) is 0 Å². The molecule has 0 aliphatic heterocycles. The summed E-state index contributed by atoms with van der Waals surface area (Å²) in [6.45, 7) is -0.239. The Morgan fingerprint density at radius 3 is 2.26 bits per heavy atom. The van der Waals surface area contributed by atoms with Crippen molar-refractivity contribution in [2.75, 3.05) is 6.54 Å². The van der Waals surface area contributed by atoms with Crippen LogP contribution in [0.4, 0.5) is 0 Å². The lowest BCUT2D eigenvalue weighted by molar-refractivity contribution is -0.140. The van der Waals surface area contributed by atoms with Gasteiger partial charge in [0.05, 0.1) is 13.0 Å². The highest BCUT2D eigenvalue weighted by Crippen LogP contribution is 2.43. The molecule has 0 aromatic rings. The standard InChI is InChI=1S/C12H20N2O5/c13-11(19)8(15)7-14-9(16)5-12(6-10(17)18)3-1-2-4-12/h8,15H,1-7H2,(H2,13,19)(H,14,16)(H,17,18). The first-order valence-electron chi connectivity index (χ1n) is 6.30. The molecular formula is C12H20N2O5. The fraction of sp³-hybridized carbons (Fsp3) is 0.750. The van der Waals surface area contributed by atoms with Crippen molar-refractivity contribution >= 4 is 17.8 Å². The minimum Gasteiger partial charge on any atom is -0.481 e. The molecule has 1 aliphatic rings. The van der Waals surface area contributed by atoms with Gasteiger partial charge in [-0.3, -0.25) is 14.4 Å². The molecule has 108 valence electrons. The number of carbonyl (C=O) groups excluding carboxylic acids is 2. The number of hydrogen-bond acceptors (Lipinski definition) is 4. The van der Waals surface area contributed by atoms with E-state index >= 15 is 0 Å². The molecular weight excluding hydrogens is 252 g/mol. The molecule has 1 saturated carbocycles. The van der Waals surface area contributed by atoms with Gasteiger partial charge in [-0.1, -0.05) is 12.8 Å². The van der Waals surface area contributed by atoms with Gasteiger partial charge in [0, 0.05) is 6.42 Å². The molecule has 1 unspecified atom stereocenters. The van der Waals surface area contributed by atoms with Gasteiger partial charge in [-0.2, -0.15) is 0 Å². The normalized spacial score (nSPS) is 18.8. The largest absolute Gasteiger partial charge is 0.481 e. The van der Waals surface area contributed by atoms with E-state index in [-0.39, 0.29) is 25.3 Å². The van der Waals surface area contributed by atoms with Crippen molar-refractivity contribution in [3.05, 3.63) is 0 Å². The molecule has 0 aromatic carbocycles. The van der Waals surface area contributed by atoms with Crippen LogP contribution in [0.25, 0.3) is 0 Å². The highest BCUT2D eigenvalue weighted by Gasteiger charge is 2.38. The predicted molar refractivity (Wildman–Crippen MR) is 66.0 cm³/mol. The van der Waals surface area contributed by atoms with Crippen molar-refractivity contribution in [3.63, 3.8) is 0 Å². The van der Waals surface area contributed by atoms with E-state index in [2.05, 4.69) is 5.32 Å². The number of hydrogen-bond donors (Lipinski definition) is 4. The second-order valence-electron chi connectivity index (χ2n) is 5.18. The van der Waals surface area contributed by atoms with Crippen molar-refractivity contribution in [2.45, 2.75) is 44.6 Å². The Hall–Kier alpha value is -1.63. The molecule has 5 N–H and O–H groups in total. The number of nitrogens with two attached hydrogens (primary N) is 1. The first kappa shape index (κ1) is 15.4. The summed E-state index contributed by atoms with van der Waals surface area (Å²) in [7, 11) is 0. The Labute approximate surface area is 111 Å². The molecule has 1 rings (SSSR count). The van der Waals surface area contributed by atoms with Crippen LogP contribution in [0.5, 0.6) is 0 Å². The van der Waals surface area contributed by atoms with Crippen LogP contribution >= 0.6 is 0 Å². The number of aliphatic hydroxyl groups excluding tert-OH is 1. The predicted octanol–water partition coefficient (Wildman–Crippen LogP) is -0.626. The smallest absolute Gasteiger partial charge is 0.303 e. The number of rotatable bonds is 7. The van der Waals surface area contributed by atoms with E-state index in [9.17, 15) is 14.4 Å². The Morgan fingerprint density at radius 2 is 1.79 bits per heavy atom. The maximum atomic E-state index is 11.7. The molecule has 19 heavy (non-hydrogen) atoms. The summed E-state index contributed by atoms with van der Waals surface area (Å²) in [5.74, 6) is -2.17. The van der Waals surface area contributed by atoms with Crippen LogP contribution in [-0.2, 0) is 14.4 Å². The number of nitrogens with one attached hydrogen (secondary N) is 1. The van der Waals surface area contributed by atoms with E-state index in [0.717, 1.165) is 12.8 Å². The van der Waals surface area contributed by atoms with Gasteiger partial charge in [0.1, 0.15) is 6.10 Å². The van der Waals surface area contributed by atoms with E-state index in [1.54, 1.807) is 0 Å². The van der Waals surface area contributed by atoms with Crippen molar-refractivity contribution in [3.8, 4) is 0 Å². The Morgan fingerprint density at radius 1 is 1.21 bits per heavy atom. The van der Waals surface area contributed by atoms with E-state index in [4.69, 9.17) is 15.9 Å². The van der Waals surface area contributed by atoms with Crippen LogP contribution in [0, 0.1) is 5.41 Å². The maximum absolute atomic E-state index is 11.7. The monoisotopic (exact) mass is 272 g/mol. The Kier molecular flexibility index (Phi) is 5.29. The lowest BCUT2D eigenvalue weighted by Gasteiger charge is -2.26. The van der Waals surface area contributed by atoms with Gasteiger partial charge in [0.25, 0.3) is 0 Å². The van der Waals surface area contributed by atoms with Crippen LogP contribution < -0.4 is 11.1 Å². The van der Waals surface area contributed by atoms with Crippen LogP contribution in [0.1, 0.15) is 38.5 Å². The number of carbonyl (C=O) groups is 3. The third kappa shape index (κ3) is 4.86. The minimum absolute atomic E-state index is 0.0290. The molecule has 0 heterocycles. The molecule has 2 amide bonds. The zero-order valence-corrected chi connectivity index (χ0v) is 10.7. The van der Waals surface area contributed by atoms with E-state index < -0.39 is 23.4 Å². The Bertz CT molecular complexity index is 363. The van der Waals surface area contributed by atoms with Crippen molar-refractivity contribution in [2.24, 2.45) is 11.1 Å². The summed E-state index contributed by atoms with van der Waals surface area (Å²) in [6.07, 6.45) is 1.93. The second kappa shape index (κ2) is 6.51. The fourth-order valence-corrected chi connectivity index (χ4v) is 2.58. The molecule has 0 radical (unpaired) electrons. The van der Waals surface area contributed by atoms with Gasteiger partial charge in [-0.25, -0.2) is 0 Å². The number of carboxylic acids is 1. The molecule has 0 bridgehead atoms. The summed E-state index contributed by atoms with van der Waals surface area (Å²) in [5.41, 5.74) is 4.37. The topological polar surface area (TPSA) is 130 Å². The number of amides is 2. The third-order valence-electron chi connectivity index (χ3n) is 3.55. The SMILES string of the molecule is NC(=O)C(O)CNC(=O)CC1(CC(=O)O)CCCC1. The zero-order valence-electron chi connectivity index (χ0n) is 10.7. The summed E-state index contributed by atoms with van der Waals surface area (Å²) in [6, 6.07) is 0. The molecule has 0 aromatic heterocycles. The molecule has 7 nitrogen and oxygen atoms in total. The third-order valence-corrected chi connectivity index (χ3v) is 3.55. The van der Waals surface area contributed by atoms with Gasteiger partial charge in [0.2, 0.25) is 11.8 Å². The quantitative estimate of drug-likeness (QED) is 0.490. The minimum atomic E-state index is -1.41. The molecule has 0 saturated heterocycles. The number of carboxylic acid groups (broad SMARTS) is 1. The van der Waals surface area contributed by atoms with Gasteiger partial charge < -0.3 is 21.3 Å². The maximum Gasteiger partial charge on any atom is 0.303 e. The summed E-state index contributed by atoms with van der Waals surface area (Å²) >= 11 is 0. The molecule has 0 spiro atoms. The van der Waals surface area contributed by atoms with Gasteiger partial charge in [0.15, 0.2) is 0 Å². The second-order valence-corrected chi connectivity index (χ2v) is 5.18. The van der Waals surface area contributed by atoms with Crippen LogP contribution in [0.2, 0.25) is 0 Å². The average Bonchev–Trinajstić information content (AvgIpc) is 2.72. The van der Waals surface area contributed by atoms with Crippen LogP contribution in [0.3, 0.4) is 0 Å². The molecule has 1 aliphatic carbocycles. The highest BCUT2D eigenvalue weighted by atomic mass is 16.4. The van der Waals surface area contributed by atoms with Gasteiger partial charge in [-0.05, 0) is 18.3 Å². The molecule has 1 fully saturated rings. The number of primary amides is 1.